The van der Waals surface area contributed by atoms with E-state index in [1.807, 2.05) is 0 Å². The Morgan fingerprint density at radius 1 is 0.718 bits per heavy atom. The number of rotatable bonds is 24. The Labute approximate surface area is 226 Å². The predicted molar refractivity (Wildman–Crippen MR) is 135 cm³/mol. The van der Waals surface area contributed by atoms with Gasteiger partial charge in [0.2, 0.25) is 0 Å². The number of nitrogens with one attached hydrogen (secondary N) is 2. The van der Waals surface area contributed by atoms with Gasteiger partial charge in [0.25, 0.3) is 0 Å². The predicted octanol–water partition coefficient (Wildman–Crippen LogP) is 0.264. The van der Waals surface area contributed by atoms with Crippen molar-refractivity contribution in [1.82, 2.24) is 10.8 Å². The molecule has 0 aromatic rings. The Morgan fingerprint density at radius 3 is 1.44 bits per heavy atom. The van der Waals surface area contributed by atoms with Crippen molar-refractivity contribution in [3.8, 4) is 0 Å². The van der Waals surface area contributed by atoms with Gasteiger partial charge in [-0.1, -0.05) is 13.8 Å². The third kappa shape index (κ3) is 22.6. The SMILES string of the molecule is BNC(C)CC(COP(=O)(O)O)COP(=O)(O)OCCOP(=O)(O)OCC(COP(=O)(O)O)CC(CC)NF. The first-order valence-corrected chi connectivity index (χ1v) is 17.5. The van der Waals surface area contributed by atoms with Gasteiger partial charge in [-0.2, -0.15) is 5.54 Å². The summed E-state index contributed by atoms with van der Waals surface area (Å²) >= 11 is 0. The van der Waals surface area contributed by atoms with E-state index in [-0.39, 0.29) is 25.3 Å². The van der Waals surface area contributed by atoms with Crippen LogP contribution in [0.3, 0.4) is 0 Å². The maximum Gasteiger partial charge on any atom is 0.472 e. The van der Waals surface area contributed by atoms with E-state index in [2.05, 4.69) is 23.3 Å². The lowest BCUT2D eigenvalue weighted by atomic mass is 10.0. The maximum absolute atomic E-state index is 12.8. The minimum absolute atomic E-state index is 0.0750. The summed E-state index contributed by atoms with van der Waals surface area (Å²) in [6.45, 7) is -0.261. The van der Waals surface area contributed by atoms with E-state index in [0.717, 1.165) is 0 Å². The Kier molecular flexibility index (Phi) is 19.0. The molecule has 0 aromatic carbocycles. The van der Waals surface area contributed by atoms with E-state index in [4.69, 9.17) is 28.6 Å². The smallest absolute Gasteiger partial charge is 0.360 e. The molecule has 0 saturated carbocycles. The van der Waals surface area contributed by atoms with E-state index in [9.17, 15) is 32.5 Å². The molecule has 0 heterocycles. The second-order valence-electron chi connectivity index (χ2n) is 8.38. The van der Waals surface area contributed by atoms with Crippen LogP contribution in [0.15, 0.2) is 0 Å². The molecular weight excluding hydrogens is 618 g/mol. The van der Waals surface area contributed by atoms with E-state index >= 15 is 0 Å². The van der Waals surface area contributed by atoms with Crippen molar-refractivity contribution < 1.29 is 79.2 Å². The quantitative estimate of drug-likeness (QED) is 0.0300. The molecule has 24 heteroatoms. The van der Waals surface area contributed by atoms with E-state index in [1.54, 1.807) is 21.8 Å². The fourth-order valence-corrected chi connectivity index (χ4v) is 5.23. The minimum Gasteiger partial charge on any atom is -0.360 e. The van der Waals surface area contributed by atoms with Crippen LogP contribution < -0.4 is 10.8 Å². The van der Waals surface area contributed by atoms with Crippen molar-refractivity contribution in [2.45, 2.75) is 45.2 Å². The summed E-state index contributed by atoms with van der Waals surface area (Å²) in [5, 5.41) is 2.88. The Bertz CT molecular complexity index is 877. The molecule has 0 rings (SSSR count). The fraction of sp³-hybridized carbons (Fsp3) is 1.00. The van der Waals surface area contributed by atoms with Gasteiger partial charge >= 0.3 is 31.3 Å². The van der Waals surface area contributed by atoms with Crippen LogP contribution in [0.2, 0.25) is 0 Å². The van der Waals surface area contributed by atoms with Gasteiger partial charge in [-0.05, 0) is 25.3 Å². The highest BCUT2D eigenvalue weighted by Gasteiger charge is 2.29. The van der Waals surface area contributed by atoms with Crippen molar-refractivity contribution in [3.05, 3.63) is 0 Å². The Balaban J connectivity index is 4.74. The van der Waals surface area contributed by atoms with Crippen molar-refractivity contribution in [1.29, 1.82) is 0 Å². The van der Waals surface area contributed by atoms with Gasteiger partial charge in [0.05, 0.1) is 39.6 Å². The van der Waals surface area contributed by atoms with Gasteiger partial charge in [-0.25, -0.2) is 18.3 Å². The summed E-state index contributed by atoms with van der Waals surface area (Å²) < 4.78 is 86.5. The zero-order chi connectivity index (χ0) is 30.3. The molecule has 0 fully saturated rings. The summed E-state index contributed by atoms with van der Waals surface area (Å²) in [4.78, 5) is 55.0. The lowest BCUT2D eigenvalue weighted by Gasteiger charge is -2.23. The van der Waals surface area contributed by atoms with Crippen LogP contribution in [-0.4, -0.2) is 89.1 Å². The molecule has 0 saturated heterocycles. The summed E-state index contributed by atoms with van der Waals surface area (Å²) in [6, 6.07) is -0.913. The third-order valence-corrected chi connectivity index (χ3v) is 7.88. The average molecular weight is 656 g/mol. The molecule has 0 bridgehead atoms. The monoisotopic (exact) mass is 656 g/mol. The van der Waals surface area contributed by atoms with Crippen LogP contribution in [-0.2, 0) is 45.4 Å². The molecule has 39 heavy (non-hydrogen) atoms. The number of hydrogen-bond acceptors (Lipinski definition) is 12. The van der Waals surface area contributed by atoms with Crippen LogP contribution in [0.5, 0.6) is 0 Å². The number of phosphoric acid groups is 4. The zero-order valence-electron chi connectivity index (χ0n) is 21.6. The number of phosphoric ester groups is 4. The molecule has 0 spiro atoms. The largest absolute Gasteiger partial charge is 0.472 e. The minimum atomic E-state index is -4.87. The summed E-state index contributed by atoms with van der Waals surface area (Å²) in [5.74, 6) is -1.64. The Morgan fingerprint density at radius 2 is 1.10 bits per heavy atom. The van der Waals surface area contributed by atoms with Crippen molar-refractivity contribution in [2.75, 3.05) is 39.6 Å². The highest BCUT2D eigenvalue weighted by Crippen LogP contribution is 2.47. The summed E-state index contributed by atoms with van der Waals surface area (Å²) in [7, 11) is -17.5. The summed E-state index contributed by atoms with van der Waals surface area (Å²) in [6.07, 6.45) is 0.461. The molecular formula is C15H38BFN2O16P4. The van der Waals surface area contributed by atoms with Gasteiger partial charge in [0, 0.05) is 17.9 Å². The second kappa shape index (κ2) is 18.8. The van der Waals surface area contributed by atoms with E-state index < -0.39 is 88.8 Å². The molecule has 0 amide bonds. The van der Waals surface area contributed by atoms with Gasteiger partial charge in [0.1, 0.15) is 0 Å². The molecule has 6 unspecified atom stereocenters. The molecule has 234 valence electrons. The first kappa shape index (κ1) is 39.4. The molecule has 0 aliphatic rings. The van der Waals surface area contributed by atoms with Crippen LogP contribution in [0.1, 0.15) is 33.1 Å². The third-order valence-electron chi connectivity index (χ3n) is 4.94. The van der Waals surface area contributed by atoms with Crippen molar-refractivity contribution in [3.63, 3.8) is 0 Å². The molecule has 0 aliphatic heterocycles. The normalized spacial score (nSPS) is 19.1. The molecule has 8 N–H and O–H groups in total. The molecule has 6 atom stereocenters. The van der Waals surface area contributed by atoms with Gasteiger partial charge < -0.3 is 34.6 Å². The van der Waals surface area contributed by atoms with Crippen LogP contribution in [0.25, 0.3) is 0 Å². The van der Waals surface area contributed by atoms with Gasteiger partial charge in [-0.3, -0.25) is 27.1 Å². The number of halogens is 1. The second-order valence-corrected chi connectivity index (χ2v) is 13.8. The first-order valence-electron chi connectivity index (χ1n) is 11.5. The maximum atomic E-state index is 12.8. The highest BCUT2D eigenvalue weighted by molar-refractivity contribution is 7.47. The fourth-order valence-electron chi connectivity index (χ4n) is 2.86. The number of hydrogen-bond donors (Lipinski definition) is 8. The first-order chi connectivity index (χ1) is 17.8. The standard InChI is InChI=1S/C15H38BFN2O16P4/c1-3-15(19-17)7-14(9-33-37(23,24)25)11-35-39(28,29)31-5-4-30-38(26,27)34-10-13(6-12(2)18-16)8-32-36(20,21)22/h12-15,18-19H,3-11,16H2,1-2H3,(H,26,27)(H,28,29)(H2,20,21,22)(H2,23,24,25). The highest BCUT2D eigenvalue weighted by atomic mass is 31.2. The molecule has 0 aliphatic carbocycles. The summed E-state index contributed by atoms with van der Waals surface area (Å²) in [5.41, 5.74) is 1.48. The van der Waals surface area contributed by atoms with Crippen LogP contribution >= 0.6 is 31.3 Å². The lowest BCUT2D eigenvalue weighted by Crippen LogP contribution is -2.29. The molecule has 18 nitrogen and oxygen atoms in total. The molecule has 0 radical (unpaired) electrons. The van der Waals surface area contributed by atoms with Gasteiger partial charge in [0.15, 0.2) is 7.98 Å². The zero-order valence-corrected chi connectivity index (χ0v) is 25.2. The van der Waals surface area contributed by atoms with Crippen LogP contribution in [0, 0.1) is 11.8 Å². The molecule has 0 aromatic heterocycles. The lowest BCUT2D eigenvalue weighted by molar-refractivity contribution is 0.0703. The Hall–Kier alpha value is 0.355. The van der Waals surface area contributed by atoms with Gasteiger partial charge in [-0.15, -0.1) is 4.48 Å². The van der Waals surface area contributed by atoms with Crippen molar-refractivity contribution in [2.24, 2.45) is 11.8 Å². The van der Waals surface area contributed by atoms with Crippen LogP contribution in [0.4, 0.5) is 4.48 Å². The van der Waals surface area contributed by atoms with E-state index in [1.165, 1.54) is 5.54 Å². The average Bonchev–Trinajstić information content (AvgIpc) is 2.82. The van der Waals surface area contributed by atoms with E-state index in [0.29, 0.717) is 0 Å². The van der Waals surface area contributed by atoms with Crippen molar-refractivity contribution >= 4 is 39.3 Å². The topological polar surface area (TPSA) is 269 Å².